The molecule has 260 valence electrons. The van der Waals surface area contributed by atoms with Crippen LogP contribution in [0.1, 0.15) is 55.6 Å². The average molecular weight is 681 g/mol. The summed E-state index contributed by atoms with van der Waals surface area (Å²) in [5, 5.41) is 0. The minimum Gasteiger partial charge on any atom is -0.291 e. The maximum absolute atomic E-state index is 2.51. The summed E-state index contributed by atoms with van der Waals surface area (Å²) in [6, 6.07) is 41.5. The molecule has 0 aliphatic carbocycles. The molecular formula is C48H48N4. The van der Waals surface area contributed by atoms with E-state index in [4.69, 9.17) is 0 Å². The molecule has 6 aromatic rings. The van der Waals surface area contributed by atoms with Gasteiger partial charge in [-0.25, -0.2) is 0 Å². The zero-order valence-corrected chi connectivity index (χ0v) is 32.2. The lowest BCUT2D eigenvalue weighted by molar-refractivity contribution is 1.00. The Morgan fingerprint density at radius 1 is 0.231 bits per heavy atom. The van der Waals surface area contributed by atoms with Gasteiger partial charge in [0.1, 0.15) is 0 Å². The fourth-order valence-electron chi connectivity index (χ4n) is 8.42. The molecule has 2 aliphatic rings. The van der Waals surface area contributed by atoms with E-state index < -0.39 is 0 Å². The molecule has 52 heavy (non-hydrogen) atoms. The van der Waals surface area contributed by atoms with Crippen molar-refractivity contribution in [3.63, 3.8) is 0 Å². The summed E-state index contributed by atoms with van der Waals surface area (Å²) in [5.41, 5.74) is 21.6. The van der Waals surface area contributed by atoms with E-state index in [1.165, 1.54) is 67.0 Å². The van der Waals surface area contributed by atoms with Crippen LogP contribution in [0.4, 0.5) is 45.5 Å². The number of hydrogen-bond acceptors (Lipinski definition) is 4. The summed E-state index contributed by atoms with van der Waals surface area (Å²) in [6.45, 7) is 22.0. The maximum Gasteiger partial charge on any atom is 0.166 e. The number of hydrogen-bond donors (Lipinski definition) is 0. The lowest BCUT2D eigenvalue weighted by Gasteiger charge is -2.35. The molecular weight excluding hydrogens is 633 g/mol. The van der Waals surface area contributed by atoms with Gasteiger partial charge in [-0.15, -0.1) is 0 Å². The van der Waals surface area contributed by atoms with Crippen molar-refractivity contribution in [3.05, 3.63) is 176 Å². The zero-order valence-electron chi connectivity index (χ0n) is 32.2. The third-order valence-corrected chi connectivity index (χ3v) is 10.1. The van der Waals surface area contributed by atoms with E-state index in [9.17, 15) is 0 Å². The summed E-state index contributed by atoms with van der Waals surface area (Å²) in [7, 11) is 0. The Hall–Kier alpha value is -5.74. The first-order valence-corrected chi connectivity index (χ1v) is 18.3. The van der Waals surface area contributed by atoms with Gasteiger partial charge in [-0.1, -0.05) is 36.4 Å². The molecule has 4 heteroatoms. The van der Waals surface area contributed by atoms with E-state index in [0.717, 1.165) is 45.8 Å². The van der Waals surface area contributed by atoms with Gasteiger partial charge in [-0.2, -0.15) is 0 Å². The fraction of sp³-hybridized carbons (Fsp3) is 0.208. The number of aryl methyl sites for hydroxylation is 10. The predicted molar refractivity (Wildman–Crippen MR) is 222 cm³/mol. The van der Waals surface area contributed by atoms with Gasteiger partial charge >= 0.3 is 0 Å². The number of rotatable bonds is 4. The number of anilines is 8. The number of benzene rings is 6. The highest BCUT2D eigenvalue weighted by Crippen LogP contribution is 2.57. The highest BCUT2D eigenvalue weighted by atomic mass is 15.5. The van der Waals surface area contributed by atoms with Crippen molar-refractivity contribution in [2.24, 2.45) is 0 Å². The maximum atomic E-state index is 2.51. The molecule has 2 heterocycles. The van der Waals surface area contributed by atoms with Crippen LogP contribution in [0.5, 0.6) is 0 Å². The van der Waals surface area contributed by atoms with E-state index in [2.05, 4.69) is 198 Å². The summed E-state index contributed by atoms with van der Waals surface area (Å²) >= 11 is 0. The van der Waals surface area contributed by atoms with Crippen LogP contribution in [0.15, 0.2) is 121 Å². The Labute approximate surface area is 309 Å². The van der Waals surface area contributed by atoms with Crippen LogP contribution in [-0.4, -0.2) is 0 Å². The van der Waals surface area contributed by atoms with Gasteiger partial charge in [-0.3, -0.25) is 19.6 Å². The van der Waals surface area contributed by atoms with Crippen LogP contribution < -0.4 is 19.6 Å². The predicted octanol–water partition coefficient (Wildman–Crippen LogP) is 13.2. The van der Waals surface area contributed by atoms with E-state index in [0.29, 0.717) is 0 Å². The van der Waals surface area contributed by atoms with Crippen molar-refractivity contribution in [1.29, 1.82) is 0 Å². The van der Waals surface area contributed by atoms with E-state index in [-0.39, 0.29) is 0 Å². The normalized spacial score (nSPS) is 15.1. The van der Waals surface area contributed by atoms with Crippen molar-refractivity contribution < 1.29 is 0 Å². The molecule has 8 rings (SSSR count). The van der Waals surface area contributed by atoms with Crippen molar-refractivity contribution >= 4 is 45.5 Å². The molecule has 0 aromatic heterocycles. The summed E-state index contributed by atoms with van der Waals surface area (Å²) in [5.74, 6) is 2.17. The largest absolute Gasteiger partial charge is 0.291 e. The van der Waals surface area contributed by atoms with Gasteiger partial charge in [0.2, 0.25) is 0 Å². The molecule has 0 saturated carbocycles. The summed E-state index contributed by atoms with van der Waals surface area (Å²) in [4.78, 5) is 10.0. The lowest BCUT2D eigenvalue weighted by atomic mass is 10.1. The van der Waals surface area contributed by atoms with Crippen molar-refractivity contribution in [1.82, 2.24) is 0 Å². The Balaban J connectivity index is 1.59. The second-order valence-electron chi connectivity index (χ2n) is 15.4. The second-order valence-corrected chi connectivity index (χ2v) is 15.4. The van der Waals surface area contributed by atoms with Gasteiger partial charge in [0.05, 0.1) is 22.7 Å². The first kappa shape index (κ1) is 33.4. The smallest absolute Gasteiger partial charge is 0.166 e. The van der Waals surface area contributed by atoms with Gasteiger partial charge in [0, 0.05) is 22.7 Å². The molecule has 0 spiro atoms. The third kappa shape index (κ3) is 5.73. The molecule has 0 amide bonds. The molecule has 0 unspecified atom stereocenters. The minimum atomic E-state index is 1.09. The van der Waals surface area contributed by atoms with Gasteiger partial charge in [-0.05, 0) is 198 Å². The molecule has 0 N–H and O–H groups in total. The molecule has 0 atom stereocenters. The molecule has 0 bridgehead atoms. The Bertz CT molecular complexity index is 2200. The molecule has 0 fully saturated rings. The van der Waals surface area contributed by atoms with Crippen molar-refractivity contribution in [3.8, 4) is 0 Å². The average Bonchev–Trinajstić information content (AvgIpc) is 3.55. The molecule has 0 saturated heterocycles. The lowest BCUT2D eigenvalue weighted by Crippen LogP contribution is -2.33. The highest BCUT2D eigenvalue weighted by Gasteiger charge is 2.44. The van der Waals surface area contributed by atoms with E-state index in [1.807, 2.05) is 0 Å². The van der Waals surface area contributed by atoms with Crippen LogP contribution in [0.25, 0.3) is 0 Å². The topological polar surface area (TPSA) is 13.0 Å². The first-order chi connectivity index (χ1) is 24.8. The summed E-state index contributed by atoms with van der Waals surface area (Å²) in [6.07, 6.45) is 0. The van der Waals surface area contributed by atoms with Gasteiger partial charge in [0.25, 0.3) is 0 Å². The Morgan fingerprint density at radius 2 is 0.462 bits per heavy atom. The monoisotopic (exact) mass is 680 g/mol. The second kappa shape index (κ2) is 12.5. The molecule has 0 radical (unpaired) electrons. The Kier molecular flexibility index (Phi) is 8.02. The molecule has 2 aliphatic heterocycles. The summed E-state index contributed by atoms with van der Waals surface area (Å²) < 4.78 is 0. The SMILES string of the molecule is Cc1cc(C)cc(N2/C(=C3/N(c4cc(C)cc(C)c4)c4ccc(C)cc4N3c3cc(C)cc(C)c3)N(c3cc(C)cc(C)c3)c3cc(C)ccc32)c1. The van der Waals surface area contributed by atoms with E-state index >= 15 is 0 Å². The van der Waals surface area contributed by atoms with Crippen molar-refractivity contribution in [2.75, 3.05) is 19.6 Å². The van der Waals surface area contributed by atoms with Crippen LogP contribution in [0.2, 0.25) is 0 Å². The third-order valence-electron chi connectivity index (χ3n) is 10.1. The van der Waals surface area contributed by atoms with Crippen LogP contribution in [-0.2, 0) is 0 Å². The highest BCUT2D eigenvalue weighted by molar-refractivity contribution is 6.00. The van der Waals surface area contributed by atoms with Crippen LogP contribution in [0.3, 0.4) is 0 Å². The standard InChI is InChI=1S/C48H48N4/c1-29-11-13-43-45(27-29)51(41-23-35(7)17-36(8)24-41)47(49(43)39-19-31(3)15-32(4)20-39)48-50(40-21-33(5)16-34(6)22-40)44-14-12-30(2)28-46(44)52(48)42-25-37(9)18-38(10)26-42/h11-28H,1-10H3/b48-47+. The van der Waals surface area contributed by atoms with Crippen LogP contribution in [0, 0.1) is 69.2 Å². The quantitative estimate of drug-likeness (QED) is 0.184. The molecule has 4 nitrogen and oxygen atoms in total. The van der Waals surface area contributed by atoms with E-state index in [1.54, 1.807) is 0 Å². The zero-order chi connectivity index (χ0) is 36.6. The molecule has 6 aromatic carbocycles. The number of fused-ring (bicyclic) bond motifs is 2. The first-order valence-electron chi connectivity index (χ1n) is 18.3. The van der Waals surface area contributed by atoms with Crippen molar-refractivity contribution in [2.45, 2.75) is 69.2 Å². The minimum absolute atomic E-state index is 1.09. The van der Waals surface area contributed by atoms with Crippen LogP contribution >= 0.6 is 0 Å². The fourth-order valence-corrected chi connectivity index (χ4v) is 8.42. The Morgan fingerprint density at radius 3 is 0.712 bits per heavy atom. The van der Waals surface area contributed by atoms with Gasteiger partial charge < -0.3 is 0 Å². The number of nitrogens with zero attached hydrogens (tertiary/aromatic N) is 4. The van der Waals surface area contributed by atoms with Gasteiger partial charge in [0.15, 0.2) is 11.6 Å².